The highest BCUT2D eigenvalue weighted by Crippen LogP contribution is 2.28. The van der Waals surface area contributed by atoms with Crippen LogP contribution in [0.4, 0.5) is 5.69 Å². The molecular formula is C12H15NO3. The third-order valence-electron chi connectivity index (χ3n) is 2.44. The van der Waals surface area contributed by atoms with Gasteiger partial charge in [-0.2, -0.15) is 0 Å². The molecule has 0 saturated carbocycles. The molecular weight excluding hydrogens is 206 g/mol. The van der Waals surface area contributed by atoms with Gasteiger partial charge in [-0.15, -0.1) is 0 Å². The number of nitro benzene ring substituents is 1. The number of carbonyl (C=O) groups is 1. The van der Waals surface area contributed by atoms with Crippen molar-refractivity contribution in [3.8, 4) is 0 Å². The summed E-state index contributed by atoms with van der Waals surface area (Å²) in [6, 6.07) is 4.78. The Hall–Kier alpha value is -1.71. The first-order valence-electron chi connectivity index (χ1n) is 5.03. The van der Waals surface area contributed by atoms with Gasteiger partial charge < -0.3 is 0 Å². The molecule has 4 heteroatoms. The number of hydrogen-bond acceptors (Lipinski definition) is 3. The number of carbonyl (C=O) groups excluding carboxylic acids is 1. The third-order valence-corrected chi connectivity index (χ3v) is 2.44. The third kappa shape index (κ3) is 2.45. The number of benzene rings is 1. The maximum atomic E-state index is 11.2. The average molecular weight is 221 g/mol. The molecule has 4 nitrogen and oxygen atoms in total. The minimum Gasteiger partial charge on any atom is -0.294 e. The first-order valence-corrected chi connectivity index (χ1v) is 5.03. The van der Waals surface area contributed by atoms with E-state index in [2.05, 4.69) is 0 Å². The molecule has 0 atom stereocenters. The van der Waals surface area contributed by atoms with Crippen LogP contribution in [0.2, 0.25) is 0 Å². The van der Waals surface area contributed by atoms with Gasteiger partial charge in [0.05, 0.1) is 10.5 Å². The van der Waals surface area contributed by atoms with Gasteiger partial charge in [0.1, 0.15) is 0 Å². The maximum Gasteiger partial charge on any atom is 0.280 e. The molecule has 0 saturated heterocycles. The highest BCUT2D eigenvalue weighted by Gasteiger charge is 2.22. The van der Waals surface area contributed by atoms with Crippen LogP contribution in [-0.4, -0.2) is 10.7 Å². The minimum atomic E-state index is -0.508. The van der Waals surface area contributed by atoms with Crippen molar-refractivity contribution >= 4 is 11.5 Å². The molecule has 0 N–H and O–H groups in total. The van der Waals surface area contributed by atoms with Gasteiger partial charge >= 0.3 is 0 Å². The van der Waals surface area contributed by atoms with Crippen LogP contribution in [0.5, 0.6) is 0 Å². The van der Waals surface area contributed by atoms with E-state index in [1.807, 2.05) is 20.8 Å². The minimum absolute atomic E-state index is 0.111. The van der Waals surface area contributed by atoms with Crippen LogP contribution >= 0.6 is 0 Å². The predicted molar refractivity (Wildman–Crippen MR) is 61.8 cm³/mol. The summed E-state index contributed by atoms with van der Waals surface area (Å²) in [6.45, 7) is 7.25. The molecule has 0 spiro atoms. The van der Waals surface area contributed by atoms with Gasteiger partial charge in [-0.25, -0.2) is 0 Å². The van der Waals surface area contributed by atoms with Crippen LogP contribution in [-0.2, 0) is 5.41 Å². The lowest BCUT2D eigenvalue weighted by atomic mass is 9.86. The normalized spacial score (nSPS) is 11.2. The second kappa shape index (κ2) is 4.04. The molecule has 0 amide bonds. The number of rotatable bonds is 2. The van der Waals surface area contributed by atoms with E-state index in [1.54, 1.807) is 6.07 Å². The molecule has 0 unspecified atom stereocenters. The first-order chi connectivity index (χ1) is 7.23. The standard InChI is InChI=1S/C12H15NO3/c1-8(14)10-6-5-9(12(2,3)4)7-11(10)13(15)16/h5-7H,1-4H3. The topological polar surface area (TPSA) is 60.2 Å². The maximum absolute atomic E-state index is 11.2. The Morgan fingerprint density at radius 1 is 1.31 bits per heavy atom. The van der Waals surface area contributed by atoms with Crippen LogP contribution in [0.15, 0.2) is 18.2 Å². The Kier molecular flexibility index (Phi) is 3.12. The van der Waals surface area contributed by atoms with Gasteiger partial charge in [0.25, 0.3) is 5.69 Å². The highest BCUT2D eigenvalue weighted by molar-refractivity contribution is 5.98. The summed E-state index contributed by atoms with van der Waals surface area (Å²) in [5.74, 6) is -0.285. The molecule has 0 aliphatic heterocycles. The van der Waals surface area contributed by atoms with Gasteiger partial charge in [-0.3, -0.25) is 14.9 Å². The molecule has 0 aliphatic rings. The van der Waals surface area contributed by atoms with Crippen molar-refractivity contribution < 1.29 is 9.72 Å². The fourth-order valence-electron chi connectivity index (χ4n) is 1.45. The van der Waals surface area contributed by atoms with Crippen LogP contribution in [0.3, 0.4) is 0 Å². The number of nitrogens with zero attached hydrogens (tertiary/aromatic N) is 1. The summed E-state index contributed by atoms with van der Waals surface area (Å²) < 4.78 is 0. The van der Waals surface area contributed by atoms with Crippen molar-refractivity contribution in [2.75, 3.05) is 0 Å². The van der Waals surface area contributed by atoms with Crippen LogP contribution in [0.25, 0.3) is 0 Å². The summed E-state index contributed by atoms with van der Waals surface area (Å²) >= 11 is 0. The van der Waals surface area contributed by atoms with E-state index < -0.39 is 4.92 Å². The fourth-order valence-corrected chi connectivity index (χ4v) is 1.45. The quantitative estimate of drug-likeness (QED) is 0.438. The molecule has 0 bridgehead atoms. The zero-order valence-corrected chi connectivity index (χ0v) is 9.90. The lowest BCUT2D eigenvalue weighted by molar-refractivity contribution is -0.385. The van der Waals surface area contributed by atoms with Crippen molar-refractivity contribution in [1.82, 2.24) is 0 Å². The van der Waals surface area contributed by atoms with Crippen molar-refractivity contribution in [3.05, 3.63) is 39.4 Å². The van der Waals surface area contributed by atoms with Gasteiger partial charge in [-0.1, -0.05) is 26.8 Å². The molecule has 1 aromatic rings. The zero-order valence-electron chi connectivity index (χ0n) is 9.90. The van der Waals surface area contributed by atoms with Gasteiger partial charge in [-0.05, 0) is 24.0 Å². The van der Waals surface area contributed by atoms with E-state index in [4.69, 9.17) is 0 Å². The Balaban J connectivity index is 3.40. The number of Topliss-reactive ketones (excluding diaryl/α,β-unsaturated/α-hetero) is 1. The van der Waals surface area contributed by atoms with E-state index in [9.17, 15) is 14.9 Å². The Bertz CT molecular complexity index is 444. The van der Waals surface area contributed by atoms with E-state index in [0.717, 1.165) is 5.56 Å². The van der Waals surface area contributed by atoms with Crippen LogP contribution < -0.4 is 0 Å². The Labute approximate surface area is 94.4 Å². The number of nitro groups is 1. The largest absolute Gasteiger partial charge is 0.294 e. The summed E-state index contributed by atoms with van der Waals surface area (Å²) in [6.07, 6.45) is 0. The SMILES string of the molecule is CC(=O)c1ccc(C(C)(C)C)cc1[N+](=O)[O-]. The van der Waals surface area contributed by atoms with E-state index >= 15 is 0 Å². The van der Waals surface area contributed by atoms with E-state index in [1.165, 1.54) is 19.1 Å². The Morgan fingerprint density at radius 3 is 2.25 bits per heavy atom. The zero-order chi connectivity index (χ0) is 12.5. The fraction of sp³-hybridized carbons (Fsp3) is 0.417. The van der Waals surface area contributed by atoms with Crippen molar-refractivity contribution in [2.24, 2.45) is 0 Å². The van der Waals surface area contributed by atoms with Crippen molar-refractivity contribution in [2.45, 2.75) is 33.1 Å². The second-order valence-electron chi connectivity index (χ2n) is 4.80. The highest BCUT2D eigenvalue weighted by atomic mass is 16.6. The average Bonchev–Trinajstić information content (AvgIpc) is 2.15. The predicted octanol–water partition coefficient (Wildman–Crippen LogP) is 3.09. The second-order valence-corrected chi connectivity index (χ2v) is 4.80. The smallest absolute Gasteiger partial charge is 0.280 e. The van der Waals surface area contributed by atoms with Crippen molar-refractivity contribution in [1.29, 1.82) is 0 Å². The summed E-state index contributed by atoms with van der Waals surface area (Å²) in [4.78, 5) is 21.6. The van der Waals surface area contributed by atoms with E-state index in [-0.39, 0.29) is 22.4 Å². The molecule has 0 aliphatic carbocycles. The van der Waals surface area contributed by atoms with Gasteiger partial charge in [0.2, 0.25) is 0 Å². The summed E-state index contributed by atoms with van der Waals surface area (Å²) in [5, 5.41) is 10.9. The summed E-state index contributed by atoms with van der Waals surface area (Å²) in [5.41, 5.74) is 0.738. The van der Waals surface area contributed by atoms with Crippen molar-refractivity contribution in [3.63, 3.8) is 0 Å². The number of ketones is 1. The van der Waals surface area contributed by atoms with Gasteiger partial charge in [0.15, 0.2) is 5.78 Å². The molecule has 1 aromatic carbocycles. The molecule has 0 radical (unpaired) electrons. The molecule has 1 rings (SSSR count). The Morgan fingerprint density at radius 2 is 1.88 bits per heavy atom. The van der Waals surface area contributed by atoms with Crippen LogP contribution in [0.1, 0.15) is 43.6 Å². The first kappa shape index (κ1) is 12.4. The van der Waals surface area contributed by atoms with E-state index in [0.29, 0.717) is 0 Å². The lowest BCUT2D eigenvalue weighted by Gasteiger charge is -2.18. The molecule has 0 heterocycles. The monoisotopic (exact) mass is 221 g/mol. The summed E-state index contributed by atoms with van der Waals surface area (Å²) in [7, 11) is 0. The molecule has 86 valence electrons. The molecule has 0 fully saturated rings. The molecule has 0 aromatic heterocycles. The van der Waals surface area contributed by atoms with Crippen LogP contribution in [0, 0.1) is 10.1 Å². The lowest BCUT2D eigenvalue weighted by Crippen LogP contribution is -2.12. The molecule has 16 heavy (non-hydrogen) atoms. The van der Waals surface area contributed by atoms with Gasteiger partial charge in [0, 0.05) is 6.07 Å². The number of hydrogen-bond donors (Lipinski definition) is 0.